The SMILES string of the molecule is O=C(C[C@H]1SC(=Nc2ccccc2)N(c2ccccc2)C1=O)Nc1cccc2ccccc12. The predicted octanol–water partition coefficient (Wildman–Crippen LogP) is 6.00. The van der Waals surface area contributed by atoms with E-state index in [9.17, 15) is 9.59 Å². The second-order valence-corrected chi connectivity index (χ2v) is 8.79. The molecule has 1 aliphatic heterocycles. The molecule has 2 amide bonds. The van der Waals surface area contributed by atoms with E-state index < -0.39 is 5.25 Å². The lowest BCUT2D eigenvalue weighted by Gasteiger charge is -2.16. The molecule has 0 aliphatic carbocycles. The number of aliphatic imine (C=N–C) groups is 1. The average molecular weight is 452 g/mol. The maximum atomic E-state index is 13.4. The highest BCUT2D eigenvalue weighted by atomic mass is 32.2. The molecule has 0 aromatic heterocycles. The van der Waals surface area contributed by atoms with Crippen molar-refractivity contribution in [2.75, 3.05) is 10.2 Å². The molecule has 0 radical (unpaired) electrons. The number of anilines is 2. The summed E-state index contributed by atoms with van der Waals surface area (Å²) in [6, 6.07) is 32.6. The Kier molecular flexibility index (Phi) is 5.91. The zero-order valence-corrected chi connectivity index (χ0v) is 18.5. The third kappa shape index (κ3) is 4.52. The zero-order valence-electron chi connectivity index (χ0n) is 17.7. The van der Waals surface area contributed by atoms with Crippen molar-refractivity contribution >= 4 is 56.6 Å². The van der Waals surface area contributed by atoms with E-state index in [0.29, 0.717) is 5.17 Å². The molecule has 1 N–H and O–H groups in total. The highest BCUT2D eigenvalue weighted by molar-refractivity contribution is 8.16. The highest BCUT2D eigenvalue weighted by Crippen LogP contribution is 2.35. The van der Waals surface area contributed by atoms with Crippen molar-refractivity contribution < 1.29 is 9.59 Å². The summed E-state index contributed by atoms with van der Waals surface area (Å²) in [4.78, 5) is 32.6. The summed E-state index contributed by atoms with van der Waals surface area (Å²) in [5.74, 6) is -0.347. The zero-order chi connectivity index (χ0) is 22.6. The summed E-state index contributed by atoms with van der Waals surface area (Å²) in [5.41, 5.74) is 2.24. The van der Waals surface area contributed by atoms with E-state index in [0.717, 1.165) is 27.8 Å². The molecule has 0 saturated carbocycles. The molecule has 1 heterocycles. The molecule has 4 aromatic carbocycles. The van der Waals surface area contributed by atoms with Gasteiger partial charge in [0.05, 0.1) is 11.4 Å². The van der Waals surface area contributed by atoms with Crippen LogP contribution in [0.1, 0.15) is 6.42 Å². The highest BCUT2D eigenvalue weighted by Gasteiger charge is 2.40. The third-order valence-electron chi connectivity index (χ3n) is 5.36. The van der Waals surface area contributed by atoms with Gasteiger partial charge in [0, 0.05) is 17.5 Å². The van der Waals surface area contributed by atoms with E-state index in [4.69, 9.17) is 4.99 Å². The van der Waals surface area contributed by atoms with E-state index >= 15 is 0 Å². The van der Waals surface area contributed by atoms with E-state index in [1.54, 1.807) is 4.90 Å². The Hall–Kier alpha value is -3.90. The molecule has 1 aliphatic rings. The van der Waals surface area contributed by atoms with Gasteiger partial charge in [-0.2, -0.15) is 0 Å². The minimum absolute atomic E-state index is 0.0594. The van der Waals surface area contributed by atoms with E-state index in [-0.39, 0.29) is 18.2 Å². The van der Waals surface area contributed by atoms with Gasteiger partial charge >= 0.3 is 0 Å². The van der Waals surface area contributed by atoms with Crippen LogP contribution in [0.25, 0.3) is 10.8 Å². The van der Waals surface area contributed by atoms with E-state index in [1.807, 2.05) is 103 Å². The lowest BCUT2D eigenvalue weighted by Crippen LogP contribution is -2.33. The molecular weight excluding hydrogens is 430 g/mol. The van der Waals surface area contributed by atoms with Gasteiger partial charge in [-0.15, -0.1) is 0 Å². The number of thioether (sulfide) groups is 1. The van der Waals surface area contributed by atoms with Crippen molar-refractivity contribution in [1.29, 1.82) is 0 Å². The Morgan fingerprint density at radius 1 is 0.848 bits per heavy atom. The Morgan fingerprint density at radius 2 is 1.52 bits per heavy atom. The van der Waals surface area contributed by atoms with Gasteiger partial charge in [0.1, 0.15) is 5.25 Å². The molecule has 5 rings (SSSR count). The normalized spacial score (nSPS) is 17.0. The number of benzene rings is 4. The van der Waals surface area contributed by atoms with Crippen LogP contribution >= 0.6 is 11.8 Å². The number of rotatable bonds is 5. The van der Waals surface area contributed by atoms with Crippen LogP contribution < -0.4 is 10.2 Å². The Morgan fingerprint density at radius 3 is 2.30 bits per heavy atom. The lowest BCUT2D eigenvalue weighted by atomic mass is 10.1. The predicted molar refractivity (Wildman–Crippen MR) is 136 cm³/mol. The lowest BCUT2D eigenvalue weighted by molar-refractivity contribution is -0.121. The fourth-order valence-electron chi connectivity index (χ4n) is 3.81. The molecule has 1 fully saturated rings. The van der Waals surface area contributed by atoms with Crippen LogP contribution in [0.3, 0.4) is 0 Å². The summed E-state index contributed by atoms with van der Waals surface area (Å²) in [6.07, 6.45) is 0.0594. The van der Waals surface area contributed by atoms with Crippen molar-refractivity contribution in [3.63, 3.8) is 0 Å². The van der Waals surface area contributed by atoms with Crippen molar-refractivity contribution in [2.45, 2.75) is 11.7 Å². The van der Waals surface area contributed by atoms with E-state index in [1.165, 1.54) is 11.8 Å². The van der Waals surface area contributed by atoms with Gasteiger partial charge in [-0.3, -0.25) is 14.5 Å². The summed E-state index contributed by atoms with van der Waals surface area (Å²) in [6.45, 7) is 0. The van der Waals surface area contributed by atoms with Gasteiger partial charge in [0.2, 0.25) is 11.8 Å². The van der Waals surface area contributed by atoms with Gasteiger partial charge < -0.3 is 5.32 Å². The number of nitrogens with zero attached hydrogens (tertiary/aromatic N) is 2. The van der Waals surface area contributed by atoms with Crippen molar-refractivity contribution in [3.05, 3.63) is 103 Å². The van der Waals surface area contributed by atoms with Gasteiger partial charge in [-0.1, -0.05) is 84.6 Å². The number of hydrogen-bond acceptors (Lipinski definition) is 4. The number of nitrogens with one attached hydrogen (secondary N) is 1. The average Bonchev–Trinajstić information content (AvgIpc) is 3.14. The number of carbonyl (C=O) groups excluding carboxylic acids is 2. The van der Waals surface area contributed by atoms with Crippen molar-refractivity contribution in [1.82, 2.24) is 0 Å². The second-order valence-electron chi connectivity index (χ2n) is 7.62. The monoisotopic (exact) mass is 451 g/mol. The maximum absolute atomic E-state index is 13.4. The molecule has 5 nitrogen and oxygen atoms in total. The third-order valence-corrected chi connectivity index (χ3v) is 6.50. The minimum atomic E-state index is -0.553. The van der Waals surface area contributed by atoms with Gasteiger partial charge in [-0.05, 0) is 35.7 Å². The molecule has 1 atom stereocenters. The number of fused-ring (bicyclic) bond motifs is 1. The fraction of sp³-hybridized carbons (Fsp3) is 0.0741. The standard InChI is InChI=1S/C27H21N3O2S/c31-25(29-23-17-9-11-19-10-7-8-16-22(19)23)18-24-26(32)30(21-14-5-2-6-15-21)27(33-24)28-20-12-3-1-4-13-20/h1-17,24H,18H2,(H,29,31)/t24-/m1/s1. The molecule has 33 heavy (non-hydrogen) atoms. The first-order valence-electron chi connectivity index (χ1n) is 10.7. The topological polar surface area (TPSA) is 61.8 Å². The molecule has 1 saturated heterocycles. The molecule has 0 spiro atoms. The van der Waals surface area contributed by atoms with Crippen LogP contribution in [-0.4, -0.2) is 22.2 Å². The van der Waals surface area contributed by atoms with Crippen LogP contribution in [-0.2, 0) is 9.59 Å². The second kappa shape index (κ2) is 9.30. The quantitative estimate of drug-likeness (QED) is 0.404. The van der Waals surface area contributed by atoms with Crippen LogP contribution in [0.4, 0.5) is 17.1 Å². The van der Waals surface area contributed by atoms with Gasteiger partial charge in [0.25, 0.3) is 0 Å². The summed E-state index contributed by atoms with van der Waals surface area (Å²) < 4.78 is 0. The van der Waals surface area contributed by atoms with Crippen LogP contribution in [0, 0.1) is 0 Å². The molecular formula is C27H21N3O2S. The fourth-order valence-corrected chi connectivity index (χ4v) is 4.96. The largest absolute Gasteiger partial charge is 0.325 e. The van der Waals surface area contributed by atoms with Gasteiger partial charge in [0.15, 0.2) is 5.17 Å². The first-order chi connectivity index (χ1) is 16.2. The number of carbonyl (C=O) groups is 2. The number of para-hydroxylation sites is 2. The Labute approximate surface area is 196 Å². The Bertz CT molecular complexity index is 1330. The smallest absolute Gasteiger partial charge is 0.247 e. The van der Waals surface area contributed by atoms with Gasteiger partial charge in [-0.25, -0.2) is 4.99 Å². The van der Waals surface area contributed by atoms with Crippen LogP contribution in [0.5, 0.6) is 0 Å². The minimum Gasteiger partial charge on any atom is -0.325 e. The summed E-state index contributed by atoms with van der Waals surface area (Å²) in [5, 5.41) is 5.02. The molecule has 0 bridgehead atoms. The molecule has 6 heteroatoms. The van der Waals surface area contributed by atoms with Crippen LogP contribution in [0.15, 0.2) is 108 Å². The van der Waals surface area contributed by atoms with Crippen molar-refractivity contribution in [3.8, 4) is 0 Å². The molecule has 0 unspecified atom stereocenters. The van der Waals surface area contributed by atoms with Crippen molar-refractivity contribution in [2.24, 2.45) is 4.99 Å². The van der Waals surface area contributed by atoms with Crippen LogP contribution in [0.2, 0.25) is 0 Å². The first-order valence-corrected chi connectivity index (χ1v) is 11.5. The first kappa shape index (κ1) is 21.0. The Balaban J connectivity index is 1.39. The number of amides is 2. The number of amidine groups is 1. The molecule has 162 valence electrons. The molecule has 4 aromatic rings. The van der Waals surface area contributed by atoms with E-state index in [2.05, 4.69) is 5.32 Å². The maximum Gasteiger partial charge on any atom is 0.247 e. The summed E-state index contributed by atoms with van der Waals surface area (Å²) in [7, 11) is 0. The summed E-state index contributed by atoms with van der Waals surface area (Å²) >= 11 is 1.32. The number of hydrogen-bond donors (Lipinski definition) is 1.